The van der Waals surface area contributed by atoms with E-state index in [1.165, 1.54) is 0 Å². The number of fused-ring (bicyclic) bond motifs is 1. The van der Waals surface area contributed by atoms with Crippen LogP contribution in [-0.4, -0.2) is 43.8 Å². The van der Waals surface area contributed by atoms with Crippen LogP contribution in [0.2, 0.25) is 0 Å². The summed E-state index contributed by atoms with van der Waals surface area (Å²) >= 11 is 0. The molecule has 0 radical (unpaired) electrons. The van der Waals surface area contributed by atoms with Crippen molar-refractivity contribution in [1.82, 2.24) is 24.8 Å². The molecule has 0 atom stereocenters. The average Bonchev–Trinajstić information content (AvgIpc) is 3.10. The minimum atomic E-state index is 0.00260. The van der Waals surface area contributed by atoms with Gasteiger partial charge in [-0.25, -0.2) is 0 Å². The molecule has 142 valence electrons. The largest absolute Gasteiger partial charge is 0.341 e. The topological polar surface area (TPSA) is 77.0 Å². The highest BCUT2D eigenvalue weighted by Crippen LogP contribution is 2.31. The maximum absolute atomic E-state index is 12.3. The zero-order valence-electron chi connectivity index (χ0n) is 16.5. The van der Waals surface area contributed by atoms with Gasteiger partial charge in [0.2, 0.25) is 17.6 Å². The van der Waals surface area contributed by atoms with E-state index in [1.807, 2.05) is 41.8 Å². The van der Waals surface area contributed by atoms with Crippen LogP contribution in [0, 0.1) is 12.3 Å². The van der Waals surface area contributed by atoms with Gasteiger partial charge in [-0.05, 0) is 18.4 Å². The van der Waals surface area contributed by atoms with Crippen LogP contribution in [-0.2, 0) is 11.8 Å². The van der Waals surface area contributed by atoms with Crippen LogP contribution in [0.4, 0.5) is 0 Å². The van der Waals surface area contributed by atoms with Gasteiger partial charge in [-0.1, -0.05) is 38.1 Å². The Morgan fingerprint density at radius 3 is 2.74 bits per heavy atom. The molecule has 0 saturated carbocycles. The zero-order chi connectivity index (χ0) is 19.3. The molecule has 27 heavy (non-hydrogen) atoms. The number of hydrogen-bond donors (Lipinski definition) is 0. The summed E-state index contributed by atoms with van der Waals surface area (Å²) < 4.78 is 7.34. The third-order valence-corrected chi connectivity index (χ3v) is 5.00. The number of amides is 1. The predicted octanol–water partition coefficient (Wildman–Crippen LogP) is 3.29. The average molecular weight is 367 g/mol. The first-order chi connectivity index (χ1) is 12.7. The number of carbonyl (C=O) groups is 1. The van der Waals surface area contributed by atoms with Gasteiger partial charge in [0.05, 0.1) is 17.1 Å². The van der Waals surface area contributed by atoms with Gasteiger partial charge < -0.3 is 9.42 Å². The SMILES string of the molecule is Cc1nn(C)c2cc(-c3noc(C4CN(C(=O)CC(C)(C)C)C4)n3)ccc12. The fourth-order valence-electron chi connectivity index (χ4n) is 3.50. The number of hydrogen-bond acceptors (Lipinski definition) is 5. The zero-order valence-corrected chi connectivity index (χ0v) is 16.5. The molecule has 0 spiro atoms. The van der Waals surface area contributed by atoms with Gasteiger partial charge >= 0.3 is 0 Å². The second-order valence-electron chi connectivity index (χ2n) is 8.63. The summed E-state index contributed by atoms with van der Waals surface area (Å²) in [6.07, 6.45) is 0.554. The van der Waals surface area contributed by atoms with E-state index in [2.05, 4.69) is 36.0 Å². The van der Waals surface area contributed by atoms with Crippen molar-refractivity contribution in [1.29, 1.82) is 0 Å². The molecule has 1 aliphatic heterocycles. The van der Waals surface area contributed by atoms with Gasteiger partial charge in [-0.3, -0.25) is 9.48 Å². The van der Waals surface area contributed by atoms with Crippen molar-refractivity contribution in [3.05, 3.63) is 29.8 Å². The summed E-state index contributed by atoms with van der Waals surface area (Å²) in [5.74, 6) is 1.49. The maximum Gasteiger partial charge on any atom is 0.233 e. The fourth-order valence-corrected chi connectivity index (χ4v) is 3.50. The Morgan fingerprint density at radius 1 is 1.30 bits per heavy atom. The summed E-state index contributed by atoms with van der Waals surface area (Å²) in [5, 5.41) is 9.71. The first-order valence-electron chi connectivity index (χ1n) is 9.26. The highest BCUT2D eigenvalue weighted by atomic mass is 16.5. The molecule has 2 aromatic heterocycles. The highest BCUT2D eigenvalue weighted by molar-refractivity contribution is 5.85. The molecule has 7 nitrogen and oxygen atoms in total. The number of benzene rings is 1. The van der Waals surface area contributed by atoms with Crippen LogP contribution in [0.5, 0.6) is 0 Å². The van der Waals surface area contributed by atoms with E-state index in [4.69, 9.17) is 4.52 Å². The Bertz CT molecular complexity index is 1010. The van der Waals surface area contributed by atoms with Gasteiger partial charge in [0.25, 0.3) is 0 Å². The molecule has 1 saturated heterocycles. The molecule has 4 rings (SSSR count). The van der Waals surface area contributed by atoms with Gasteiger partial charge in [-0.15, -0.1) is 0 Å². The maximum atomic E-state index is 12.3. The van der Waals surface area contributed by atoms with Gasteiger partial charge in [-0.2, -0.15) is 10.1 Å². The number of rotatable bonds is 3. The fraction of sp³-hybridized carbons (Fsp3) is 0.500. The molecule has 0 bridgehead atoms. The van der Waals surface area contributed by atoms with E-state index in [0.717, 1.165) is 22.2 Å². The molecular weight excluding hydrogens is 342 g/mol. The normalized spacial score (nSPS) is 15.4. The quantitative estimate of drug-likeness (QED) is 0.710. The number of likely N-dealkylation sites (tertiary alicyclic amines) is 1. The third-order valence-electron chi connectivity index (χ3n) is 5.00. The van der Waals surface area contributed by atoms with Crippen LogP contribution in [0.15, 0.2) is 22.7 Å². The second-order valence-corrected chi connectivity index (χ2v) is 8.63. The lowest BCUT2D eigenvalue weighted by Gasteiger charge is -2.38. The van der Waals surface area contributed by atoms with Crippen molar-refractivity contribution in [2.24, 2.45) is 12.5 Å². The molecule has 7 heteroatoms. The van der Waals surface area contributed by atoms with E-state index >= 15 is 0 Å². The van der Waals surface area contributed by atoms with Crippen molar-refractivity contribution in [3.63, 3.8) is 0 Å². The molecule has 3 aromatic rings. The summed E-state index contributed by atoms with van der Waals surface area (Å²) in [6.45, 7) is 9.53. The van der Waals surface area contributed by atoms with Crippen LogP contribution >= 0.6 is 0 Å². The minimum absolute atomic E-state index is 0.00260. The number of nitrogens with zero attached hydrogens (tertiary/aromatic N) is 5. The Morgan fingerprint density at radius 2 is 2.04 bits per heavy atom. The Labute approximate surface area is 158 Å². The van der Waals surface area contributed by atoms with Crippen molar-refractivity contribution in [2.45, 2.75) is 40.0 Å². The molecular formula is C20H25N5O2. The molecule has 1 amide bonds. The molecule has 0 aliphatic carbocycles. The summed E-state index contributed by atoms with van der Waals surface area (Å²) in [4.78, 5) is 18.7. The van der Waals surface area contributed by atoms with Crippen molar-refractivity contribution in [2.75, 3.05) is 13.1 Å². The van der Waals surface area contributed by atoms with Gasteiger partial charge in [0.15, 0.2) is 0 Å². The van der Waals surface area contributed by atoms with Gasteiger partial charge in [0, 0.05) is 37.5 Å². The predicted molar refractivity (Wildman–Crippen MR) is 102 cm³/mol. The first kappa shape index (κ1) is 17.7. The molecule has 0 N–H and O–H groups in total. The minimum Gasteiger partial charge on any atom is -0.341 e. The summed E-state index contributed by atoms with van der Waals surface area (Å²) in [5.41, 5.74) is 2.95. The monoisotopic (exact) mass is 367 g/mol. The van der Waals surface area contributed by atoms with Crippen molar-refractivity contribution in [3.8, 4) is 11.4 Å². The third kappa shape index (κ3) is 3.34. The Kier molecular flexibility index (Phi) is 4.05. The van der Waals surface area contributed by atoms with Crippen molar-refractivity contribution >= 4 is 16.8 Å². The molecule has 1 aromatic carbocycles. The number of carbonyl (C=O) groups excluding carboxylic acids is 1. The lowest BCUT2D eigenvalue weighted by atomic mass is 9.90. The van der Waals surface area contributed by atoms with Gasteiger partial charge in [0.1, 0.15) is 0 Å². The number of aryl methyl sites for hydroxylation is 2. The number of aromatic nitrogens is 4. The standard InChI is InChI=1S/C20H25N5O2/c1-12-15-7-6-13(8-16(15)24(5)22-12)18-21-19(27-23-18)14-10-25(11-14)17(26)9-20(2,3)4/h6-8,14H,9-11H2,1-5H3. The Balaban J connectivity index is 1.47. The molecule has 0 unspecified atom stereocenters. The van der Waals surface area contributed by atoms with Crippen LogP contribution in [0.1, 0.15) is 44.7 Å². The lowest BCUT2D eigenvalue weighted by molar-refractivity contribution is -0.137. The van der Waals surface area contributed by atoms with Crippen LogP contribution < -0.4 is 0 Å². The van der Waals surface area contributed by atoms with E-state index in [-0.39, 0.29) is 17.2 Å². The Hall–Kier alpha value is -2.70. The molecule has 3 heterocycles. The lowest BCUT2D eigenvalue weighted by Crippen LogP contribution is -2.49. The van der Waals surface area contributed by atoms with Crippen LogP contribution in [0.3, 0.4) is 0 Å². The van der Waals surface area contributed by atoms with Crippen LogP contribution in [0.25, 0.3) is 22.3 Å². The first-order valence-corrected chi connectivity index (χ1v) is 9.26. The smallest absolute Gasteiger partial charge is 0.233 e. The second kappa shape index (κ2) is 6.18. The van der Waals surface area contributed by atoms with E-state index in [1.54, 1.807) is 0 Å². The summed E-state index contributed by atoms with van der Waals surface area (Å²) in [7, 11) is 1.93. The molecule has 1 aliphatic rings. The van der Waals surface area contributed by atoms with E-state index in [0.29, 0.717) is 31.2 Å². The van der Waals surface area contributed by atoms with E-state index in [9.17, 15) is 4.79 Å². The van der Waals surface area contributed by atoms with Crippen molar-refractivity contribution < 1.29 is 9.32 Å². The summed E-state index contributed by atoms with van der Waals surface area (Å²) in [6, 6.07) is 6.06. The molecule has 1 fully saturated rings. The highest BCUT2D eigenvalue weighted by Gasteiger charge is 2.36. The van der Waals surface area contributed by atoms with E-state index < -0.39 is 0 Å².